The average Bonchev–Trinajstić information content (AvgIpc) is 2.19. The van der Waals surface area contributed by atoms with Gasteiger partial charge in [-0.3, -0.25) is 0 Å². The van der Waals surface area contributed by atoms with E-state index in [-0.39, 0.29) is 6.04 Å². The molecule has 0 spiro atoms. The van der Waals surface area contributed by atoms with E-state index in [1.165, 1.54) is 0 Å². The van der Waals surface area contributed by atoms with Gasteiger partial charge in [-0.2, -0.15) is 5.26 Å². The number of rotatable bonds is 3. The van der Waals surface area contributed by atoms with Gasteiger partial charge in [0, 0.05) is 4.47 Å². The number of anilines is 1. The molecule has 0 aliphatic carbocycles. The van der Waals surface area contributed by atoms with Crippen molar-refractivity contribution in [2.45, 2.75) is 32.4 Å². The molecule has 86 valence electrons. The molecule has 0 saturated carbocycles. The summed E-state index contributed by atoms with van der Waals surface area (Å²) < 4.78 is 0.866. The van der Waals surface area contributed by atoms with Crippen molar-refractivity contribution in [3.05, 3.63) is 28.2 Å². The van der Waals surface area contributed by atoms with Gasteiger partial charge in [-0.15, -0.1) is 0 Å². The minimum atomic E-state index is -0.834. The van der Waals surface area contributed by atoms with Crippen LogP contribution >= 0.6 is 15.9 Å². The Morgan fingerprint density at radius 1 is 1.50 bits per heavy atom. The molecule has 1 atom stereocenters. The van der Waals surface area contributed by atoms with Crippen molar-refractivity contribution in [3.63, 3.8) is 0 Å². The van der Waals surface area contributed by atoms with E-state index in [9.17, 15) is 5.11 Å². The molecule has 0 fully saturated rings. The summed E-state index contributed by atoms with van der Waals surface area (Å²) in [7, 11) is 0. The average molecular weight is 283 g/mol. The second-order valence-electron chi connectivity index (χ2n) is 4.32. The molecular formula is C12H15BrN2O. The topological polar surface area (TPSA) is 56.0 Å². The standard InChI is InChI=1S/C12H15BrN2O/c1-8(12(2,3)16)15-11-5-4-10(13)6-9(11)7-14/h4-6,8,15-16H,1-3H3. The Hall–Kier alpha value is -1.05. The van der Waals surface area contributed by atoms with Crippen molar-refractivity contribution in [2.24, 2.45) is 0 Å². The monoisotopic (exact) mass is 282 g/mol. The van der Waals surface area contributed by atoms with Crippen molar-refractivity contribution in [3.8, 4) is 6.07 Å². The van der Waals surface area contributed by atoms with Gasteiger partial charge in [0.1, 0.15) is 6.07 Å². The van der Waals surface area contributed by atoms with Crippen LogP contribution in [0.3, 0.4) is 0 Å². The number of nitrogens with zero attached hydrogens (tertiary/aromatic N) is 1. The molecule has 1 rings (SSSR count). The molecular weight excluding hydrogens is 268 g/mol. The van der Waals surface area contributed by atoms with Crippen LogP contribution in [0.4, 0.5) is 5.69 Å². The van der Waals surface area contributed by atoms with Gasteiger partial charge in [-0.1, -0.05) is 15.9 Å². The minimum absolute atomic E-state index is 0.138. The second-order valence-corrected chi connectivity index (χ2v) is 5.24. The number of aliphatic hydroxyl groups is 1. The number of nitriles is 1. The molecule has 0 heterocycles. The smallest absolute Gasteiger partial charge is 0.101 e. The summed E-state index contributed by atoms with van der Waals surface area (Å²) in [5, 5.41) is 21.9. The fourth-order valence-electron chi connectivity index (χ4n) is 1.14. The Balaban J connectivity index is 2.95. The molecule has 1 aromatic carbocycles. The lowest BCUT2D eigenvalue weighted by atomic mass is 10.00. The lowest BCUT2D eigenvalue weighted by molar-refractivity contribution is 0.0649. The Labute approximate surface area is 104 Å². The maximum Gasteiger partial charge on any atom is 0.101 e. The van der Waals surface area contributed by atoms with Crippen molar-refractivity contribution in [2.75, 3.05) is 5.32 Å². The van der Waals surface area contributed by atoms with E-state index in [1.807, 2.05) is 19.1 Å². The summed E-state index contributed by atoms with van der Waals surface area (Å²) in [6.45, 7) is 5.34. The van der Waals surface area contributed by atoms with Crippen LogP contribution in [0.25, 0.3) is 0 Å². The molecule has 2 N–H and O–H groups in total. The number of benzene rings is 1. The highest BCUT2D eigenvalue weighted by Crippen LogP contribution is 2.23. The molecule has 3 nitrogen and oxygen atoms in total. The van der Waals surface area contributed by atoms with Crippen molar-refractivity contribution < 1.29 is 5.11 Å². The first-order valence-corrected chi connectivity index (χ1v) is 5.82. The van der Waals surface area contributed by atoms with Crippen LogP contribution in [0, 0.1) is 11.3 Å². The normalized spacial score (nSPS) is 13.0. The van der Waals surface area contributed by atoms with Gasteiger partial charge in [0.2, 0.25) is 0 Å². The molecule has 0 aliphatic rings. The summed E-state index contributed by atoms with van der Waals surface area (Å²) in [5.41, 5.74) is 0.464. The van der Waals surface area contributed by atoms with Crippen LogP contribution in [-0.4, -0.2) is 16.7 Å². The highest BCUT2D eigenvalue weighted by molar-refractivity contribution is 9.10. The maximum atomic E-state index is 9.81. The zero-order valence-electron chi connectivity index (χ0n) is 9.58. The first-order valence-electron chi connectivity index (χ1n) is 5.03. The number of hydrogen-bond donors (Lipinski definition) is 2. The molecule has 0 saturated heterocycles. The van der Waals surface area contributed by atoms with Crippen LogP contribution in [0.5, 0.6) is 0 Å². The maximum absolute atomic E-state index is 9.81. The Morgan fingerprint density at radius 3 is 2.62 bits per heavy atom. The molecule has 0 radical (unpaired) electrons. The summed E-state index contributed by atoms with van der Waals surface area (Å²) in [6.07, 6.45) is 0. The quantitative estimate of drug-likeness (QED) is 0.896. The fourth-order valence-corrected chi connectivity index (χ4v) is 1.51. The third-order valence-electron chi connectivity index (χ3n) is 2.53. The van der Waals surface area contributed by atoms with Gasteiger partial charge in [0.25, 0.3) is 0 Å². The zero-order chi connectivity index (χ0) is 12.3. The van der Waals surface area contributed by atoms with E-state index in [0.29, 0.717) is 5.56 Å². The van der Waals surface area contributed by atoms with E-state index >= 15 is 0 Å². The molecule has 0 bridgehead atoms. The van der Waals surface area contributed by atoms with E-state index in [2.05, 4.69) is 27.3 Å². The second kappa shape index (κ2) is 4.86. The van der Waals surface area contributed by atoms with E-state index < -0.39 is 5.60 Å². The molecule has 1 aromatic rings. The fraction of sp³-hybridized carbons (Fsp3) is 0.417. The lowest BCUT2D eigenvalue weighted by Gasteiger charge is -2.28. The molecule has 4 heteroatoms. The Morgan fingerprint density at radius 2 is 2.12 bits per heavy atom. The van der Waals surface area contributed by atoms with Crippen molar-refractivity contribution >= 4 is 21.6 Å². The predicted octanol–water partition coefficient (Wildman–Crippen LogP) is 2.89. The van der Waals surface area contributed by atoms with Gasteiger partial charge in [0.15, 0.2) is 0 Å². The molecule has 16 heavy (non-hydrogen) atoms. The van der Waals surface area contributed by atoms with Crippen molar-refractivity contribution in [1.29, 1.82) is 5.26 Å². The van der Waals surface area contributed by atoms with Crippen LogP contribution in [-0.2, 0) is 0 Å². The largest absolute Gasteiger partial charge is 0.388 e. The Kier molecular flexibility index (Phi) is 3.95. The third kappa shape index (κ3) is 3.22. The summed E-state index contributed by atoms with van der Waals surface area (Å²) in [6, 6.07) is 7.42. The predicted molar refractivity (Wildman–Crippen MR) is 68.2 cm³/mol. The van der Waals surface area contributed by atoms with E-state index in [4.69, 9.17) is 5.26 Å². The number of halogens is 1. The van der Waals surface area contributed by atoms with Gasteiger partial charge in [-0.25, -0.2) is 0 Å². The van der Waals surface area contributed by atoms with Crippen molar-refractivity contribution in [1.82, 2.24) is 0 Å². The summed E-state index contributed by atoms with van der Waals surface area (Å²) >= 11 is 3.31. The Bertz CT molecular complexity index is 418. The molecule has 0 amide bonds. The van der Waals surface area contributed by atoms with Crippen LogP contribution < -0.4 is 5.32 Å². The first kappa shape index (κ1) is 13.0. The first-order chi connectivity index (χ1) is 7.34. The van der Waals surface area contributed by atoms with Crippen LogP contribution in [0.1, 0.15) is 26.3 Å². The van der Waals surface area contributed by atoms with Crippen LogP contribution in [0.15, 0.2) is 22.7 Å². The van der Waals surface area contributed by atoms with E-state index in [1.54, 1.807) is 19.9 Å². The summed E-state index contributed by atoms with van der Waals surface area (Å²) in [5.74, 6) is 0. The number of nitrogens with one attached hydrogen (secondary N) is 1. The van der Waals surface area contributed by atoms with Gasteiger partial charge in [-0.05, 0) is 39.0 Å². The van der Waals surface area contributed by atoms with Gasteiger partial charge in [0.05, 0.1) is 22.9 Å². The van der Waals surface area contributed by atoms with E-state index in [0.717, 1.165) is 10.2 Å². The van der Waals surface area contributed by atoms with Crippen LogP contribution in [0.2, 0.25) is 0 Å². The minimum Gasteiger partial charge on any atom is -0.388 e. The summed E-state index contributed by atoms with van der Waals surface area (Å²) in [4.78, 5) is 0. The lowest BCUT2D eigenvalue weighted by Crippen LogP contribution is -2.39. The SMILES string of the molecule is CC(Nc1ccc(Br)cc1C#N)C(C)(C)O. The zero-order valence-corrected chi connectivity index (χ0v) is 11.2. The number of hydrogen-bond acceptors (Lipinski definition) is 3. The molecule has 0 aliphatic heterocycles. The highest BCUT2D eigenvalue weighted by Gasteiger charge is 2.22. The van der Waals surface area contributed by atoms with Gasteiger partial charge >= 0.3 is 0 Å². The molecule has 1 unspecified atom stereocenters. The van der Waals surface area contributed by atoms with Gasteiger partial charge < -0.3 is 10.4 Å². The third-order valence-corrected chi connectivity index (χ3v) is 3.03. The molecule has 0 aromatic heterocycles. The highest BCUT2D eigenvalue weighted by atomic mass is 79.9.